The molecule has 178 valence electrons. The molecule has 1 heterocycles. The summed E-state index contributed by atoms with van der Waals surface area (Å²) >= 11 is 13.7. The first-order valence-electron chi connectivity index (χ1n) is 11.3. The molecule has 0 bridgehead atoms. The van der Waals surface area contributed by atoms with E-state index < -0.39 is 18.0 Å². The zero-order chi connectivity index (χ0) is 24.5. The van der Waals surface area contributed by atoms with Crippen LogP contribution >= 0.6 is 34.5 Å². The van der Waals surface area contributed by atoms with E-state index in [2.05, 4.69) is 41.7 Å². The number of halogens is 3. The van der Waals surface area contributed by atoms with Crippen LogP contribution in [0.3, 0.4) is 0 Å². The van der Waals surface area contributed by atoms with Crippen LogP contribution in [0.2, 0.25) is 9.36 Å². The highest BCUT2D eigenvalue weighted by Gasteiger charge is 2.23. The molecule has 1 aromatic heterocycles. The average molecular weight is 526 g/mol. The lowest BCUT2D eigenvalue weighted by Crippen LogP contribution is -2.16. The molecular weight excluding hydrogens is 504 g/mol. The number of carbonyl (C=O) groups excluding carboxylic acids is 1. The molecule has 1 unspecified atom stereocenters. The van der Waals surface area contributed by atoms with Crippen LogP contribution in [0.5, 0.6) is 0 Å². The van der Waals surface area contributed by atoms with Crippen LogP contribution in [-0.4, -0.2) is 6.09 Å². The number of hydrogen-bond donors (Lipinski definition) is 1. The molecule has 3 aromatic carbocycles. The van der Waals surface area contributed by atoms with E-state index in [1.807, 2.05) is 12.1 Å². The molecule has 1 fully saturated rings. The van der Waals surface area contributed by atoms with Crippen molar-refractivity contribution in [3.8, 4) is 21.6 Å². The van der Waals surface area contributed by atoms with E-state index in [-0.39, 0.29) is 5.02 Å². The molecule has 1 aliphatic carbocycles. The van der Waals surface area contributed by atoms with Crippen molar-refractivity contribution in [1.82, 2.24) is 0 Å². The number of hydrogen-bond acceptors (Lipinski definition) is 3. The standard InChI is InChI=1S/C28H22Cl2FNO2S/c1-16(23-13-12-22(31)14-24(23)29)34-28(33)32-25-15-26(30)35-27(25)21-10-8-20(9-11-21)19-6-4-18(5-7-19)17-2-3-17/h4-17H,2-3H2,1H3,(H,32,33). The highest BCUT2D eigenvalue weighted by atomic mass is 35.5. The van der Waals surface area contributed by atoms with Crippen LogP contribution in [0.15, 0.2) is 72.8 Å². The Morgan fingerprint density at radius 2 is 1.60 bits per heavy atom. The normalized spacial score (nSPS) is 13.9. The first kappa shape index (κ1) is 23.9. The lowest BCUT2D eigenvalue weighted by molar-refractivity contribution is 0.121. The van der Waals surface area contributed by atoms with E-state index in [0.29, 0.717) is 15.6 Å². The number of anilines is 1. The SMILES string of the molecule is CC(OC(=O)Nc1cc(Cl)sc1-c1ccc(-c2ccc(C3CC3)cc2)cc1)c1ccc(F)cc1Cl. The fraction of sp³-hybridized carbons (Fsp3) is 0.179. The first-order chi connectivity index (χ1) is 16.9. The van der Waals surface area contributed by atoms with Gasteiger partial charge in [0.2, 0.25) is 0 Å². The summed E-state index contributed by atoms with van der Waals surface area (Å²) in [6, 6.07) is 22.6. The highest BCUT2D eigenvalue weighted by molar-refractivity contribution is 7.20. The molecule has 1 aliphatic rings. The van der Waals surface area contributed by atoms with E-state index >= 15 is 0 Å². The van der Waals surface area contributed by atoms with Crippen LogP contribution in [-0.2, 0) is 4.74 Å². The summed E-state index contributed by atoms with van der Waals surface area (Å²) in [5, 5.41) is 2.98. The summed E-state index contributed by atoms with van der Waals surface area (Å²) in [5.74, 6) is 0.289. The molecular formula is C28H22Cl2FNO2S. The predicted molar refractivity (Wildman–Crippen MR) is 142 cm³/mol. The Bertz CT molecular complexity index is 1360. The van der Waals surface area contributed by atoms with Gasteiger partial charge in [-0.15, -0.1) is 11.3 Å². The van der Waals surface area contributed by atoms with Crippen molar-refractivity contribution in [3.05, 3.63) is 99.1 Å². The highest BCUT2D eigenvalue weighted by Crippen LogP contribution is 2.42. The lowest BCUT2D eigenvalue weighted by Gasteiger charge is -2.16. The summed E-state index contributed by atoms with van der Waals surface area (Å²) in [6.45, 7) is 1.68. The van der Waals surface area contributed by atoms with Gasteiger partial charge in [-0.2, -0.15) is 0 Å². The molecule has 1 N–H and O–H groups in total. The van der Waals surface area contributed by atoms with Crippen molar-refractivity contribution in [2.45, 2.75) is 31.8 Å². The van der Waals surface area contributed by atoms with Crippen molar-refractivity contribution in [2.75, 3.05) is 5.32 Å². The van der Waals surface area contributed by atoms with E-state index in [0.717, 1.165) is 21.9 Å². The van der Waals surface area contributed by atoms with Gasteiger partial charge in [0.15, 0.2) is 0 Å². The van der Waals surface area contributed by atoms with Crippen LogP contribution in [0.1, 0.15) is 42.9 Å². The zero-order valence-electron chi connectivity index (χ0n) is 18.9. The van der Waals surface area contributed by atoms with E-state index in [4.69, 9.17) is 27.9 Å². The second-order valence-corrected chi connectivity index (χ2v) is 10.7. The van der Waals surface area contributed by atoms with Gasteiger partial charge in [0, 0.05) is 5.56 Å². The van der Waals surface area contributed by atoms with Crippen molar-refractivity contribution < 1.29 is 13.9 Å². The molecule has 7 heteroatoms. The quantitative estimate of drug-likeness (QED) is 0.272. The second kappa shape index (κ2) is 10.0. The molecule has 3 nitrogen and oxygen atoms in total. The number of thiophene rings is 1. The summed E-state index contributed by atoms with van der Waals surface area (Å²) in [4.78, 5) is 13.4. The van der Waals surface area contributed by atoms with Crippen molar-refractivity contribution in [1.29, 1.82) is 0 Å². The van der Waals surface area contributed by atoms with Crippen LogP contribution in [0.25, 0.3) is 21.6 Å². The van der Waals surface area contributed by atoms with Gasteiger partial charge in [-0.3, -0.25) is 5.32 Å². The zero-order valence-corrected chi connectivity index (χ0v) is 21.2. The molecule has 0 aliphatic heterocycles. The van der Waals surface area contributed by atoms with Gasteiger partial charge in [-0.25, -0.2) is 9.18 Å². The lowest BCUT2D eigenvalue weighted by atomic mass is 10.0. The van der Waals surface area contributed by atoms with Crippen molar-refractivity contribution in [2.24, 2.45) is 0 Å². The minimum absolute atomic E-state index is 0.201. The van der Waals surface area contributed by atoms with Gasteiger partial charge in [-0.05, 0) is 66.1 Å². The maximum Gasteiger partial charge on any atom is 0.412 e. The predicted octanol–water partition coefficient (Wildman–Crippen LogP) is 9.72. The summed E-state index contributed by atoms with van der Waals surface area (Å²) in [7, 11) is 0. The van der Waals surface area contributed by atoms with Gasteiger partial charge in [0.25, 0.3) is 0 Å². The Hall–Kier alpha value is -2.86. The molecule has 1 amide bonds. The third kappa shape index (κ3) is 5.53. The molecule has 5 rings (SSSR count). The second-order valence-electron chi connectivity index (χ2n) is 8.61. The van der Waals surface area contributed by atoms with Gasteiger partial charge >= 0.3 is 6.09 Å². The Morgan fingerprint density at radius 3 is 2.23 bits per heavy atom. The van der Waals surface area contributed by atoms with Crippen LogP contribution in [0.4, 0.5) is 14.9 Å². The summed E-state index contributed by atoms with van der Waals surface area (Å²) in [6.07, 6.45) is 1.27. The van der Waals surface area contributed by atoms with Gasteiger partial charge in [0.1, 0.15) is 11.9 Å². The molecule has 1 saturated carbocycles. The maximum atomic E-state index is 13.3. The molecule has 4 aromatic rings. The molecule has 0 radical (unpaired) electrons. The maximum absolute atomic E-state index is 13.3. The van der Waals surface area contributed by atoms with Gasteiger partial charge in [0.05, 0.1) is 19.9 Å². The smallest absolute Gasteiger partial charge is 0.412 e. The van der Waals surface area contributed by atoms with Crippen LogP contribution in [0, 0.1) is 5.82 Å². The fourth-order valence-corrected chi connectivity index (χ4v) is 5.55. The number of nitrogens with one attached hydrogen (secondary N) is 1. The largest absolute Gasteiger partial charge is 0.441 e. The molecule has 0 saturated heterocycles. The monoisotopic (exact) mass is 525 g/mol. The number of rotatable bonds is 6. The Kier molecular flexibility index (Phi) is 6.83. The minimum atomic E-state index is -0.661. The minimum Gasteiger partial charge on any atom is -0.441 e. The Morgan fingerprint density at radius 1 is 0.971 bits per heavy atom. The van der Waals surface area contributed by atoms with Crippen molar-refractivity contribution in [3.63, 3.8) is 0 Å². The van der Waals surface area contributed by atoms with E-state index in [1.54, 1.807) is 13.0 Å². The van der Waals surface area contributed by atoms with Crippen molar-refractivity contribution >= 4 is 46.3 Å². The Labute approximate surface area is 217 Å². The van der Waals surface area contributed by atoms with Gasteiger partial charge < -0.3 is 4.74 Å². The average Bonchev–Trinajstić information content (AvgIpc) is 3.62. The summed E-state index contributed by atoms with van der Waals surface area (Å²) < 4.78 is 19.3. The third-order valence-corrected chi connectivity index (χ3v) is 7.70. The first-order valence-corrected chi connectivity index (χ1v) is 12.9. The number of amides is 1. The molecule has 35 heavy (non-hydrogen) atoms. The molecule has 0 spiro atoms. The summed E-state index contributed by atoms with van der Waals surface area (Å²) in [5.41, 5.74) is 5.72. The van der Waals surface area contributed by atoms with Crippen LogP contribution < -0.4 is 5.32 Å². The Balaban J connectivity index is 1.29. The number of carbonyl (C=O) groups is 1. The number of benzene rings is 3. The fourth-order valence-electron chi connectivity index (χ4n) is 4.04. The van der Waals surface area contributed by atoms with Gasteiger partial charge in [-0.1, -0.05) is 77.8 Å². The van der Waals surface area contributed by atoms with E-state index in [9.17, 15) is 9.18 Å². The topological polar surface area (TPSA) is 38.3 Å². The number of ether oxygens (including phenoxy) is 1. The third-order valence-electron chi connectivity index (χ3n) is 6.06. The van der Waals surface area contributed by atoms with E-state index in [1.165, 1.54) is 53.5 Å². The molecule has 1 atom stereocenters.